The quantitative estimate of drug-likeness (QED) is 0.431. The molecule has 0 radical (unpaired) electrons. The zero-order chi connectivity index (χ0) is 18.7. The fourth-order valence-corrected chi connectivity index (χ4v) is 2.71. The second kappa shape index (κ2) is 7.76. The van der Waals surface area contributed by atoms with Crippen molar-refractivity contribution in [2.75, 3.05) is 7.05 Å². The Balaban J connectivity index is 1.71. The largest absolute Gasteiger partial charge is 0.419 e. The van der Waals surface area contributed by atoms with E-state index in [2.05, 4.69) is 43.2 Å². The van der Waals surface area contributed by atoms with Crippen LogP contribution >= 0.6 is 15.9 Å². The molecule has 0 fully saturated rings. The van der Waals surface area contributed by atoms with E-state index < -0.39 is 4.92 Å². The Bertz CT molecular complexity index is 894. The molecule has 3 rings (SSSR count). The van der Waals surface area contributed by atoms with Crippen LogP contribution < -0.4 is 0 Å². The van der Waals surface area contributed by atoms with Gasteiger partial charge in [-0.3, -0.25) is 15.0 Å². The standard InChI is InChI=1S/C18H17BrN4O3/c1-12(22(2)11-13-3-7-15(19)8-4-13)17-20-21-18(26-17)14-5-9-16(10-6-14)23(24)25/h3-10,12H,11H2,1-2H3. The SMILES string of the molecule is CC(c1nnc(-c2ccc([N+](=O)[O-])cc2)o1)N(C)Cc1ccc(Br)cc1. The summed E-state index contributed by atoms with van der Waals surface area (Å²) in [6.45, 7) is 2.73. The van der Waals surface area contributed by atoms with Crippen LogP contribution in [0, 0.1) is 10.1 Å². The van der Waals surface area contributed by atoms with Crippen LogP contribution in [0.25, 0.3) is 11.5 Å². The summed E-state index contributed by atoms with van der Waals surface area (Å²) < 4.78 is 6.81. The van der Waals surface area contributed by atoms with Crippen LogP contribution in [0.1, 0.15) is 24.4 Å². The number of hydrogen-bond acceptors (Lipinski definition) is 6. The molecule has 2 aromatic carbocycles. The average molecular weight is 417 g/mol. The van der Waals surface area contributed by atoms with Gasteiger partial charge in [-0.2, -0.15) is 0 Å². The predicted molar refractivity (Wildman–Crippen MR) is 100 cm³/mol. The number of benzene rings is 2. The Kier molecular flexibility index (Phi) is 5.43. The minimum Gasteiger partial charge on any atom is -0.419 e. The molecule has 0 aliphatic heterocycles. The highest BCUT2D eigenvalue weighted by Gasteiger charge is 2.19. The van der Waals surface area contributed by atoms with Crippen LogP contribution in [0.3, 0.4) is 0 Å². The first-order chi connectivity index (χ1) is 12.4. The molecule has 8 heteroatoms. The van der Waals surface area contributed by atoms with Gasteiger partial charge in [0, 0.05) is 28.7 Å². The summed E-state index contributed by atoms with van der Waals surface area (Å²) >= 11 is 3.43. The second-order valence-corrected chi connectivity index (χ2v) is 6.88. The van der Waals surface area contributed by atoms with Gasteiger partial charge < -0.3 is 4.42 Å². The van der Waals surface area contributed by atoms with Crippen molar-refractivity contribution >= 4 is 21.6 Å². The molecule has 1 unspecified atom stereocenters. The Hall–Kier alpha value is -2.58. The molecule has 0 saturated carbocycles. The summed E-state index contributed by atoms with van der Waals surface area (Å²) in [7, 11) is 1.99. The molecule has 0 spiro atoms. The van der Waals surface area contributed by atoms with Gasteiger partial charge in [-0.05, 0) is 43.8 Å². The van der Waals surface area contributed by atoms with E-state index in [-0.39, 0.29) is 11.7 Å². The average Bonchev–Trinajstić information content (AvgIpc) is 3.13. The number of halogens is 1. The van der Waals surface area contributed by atoms with Crippen molar-refractivity contribution in [2.45, 2.75) is 19.5 Å². The van der Waals surface area contributed by atoms with Gasteiger partial charge in [0.15, 0.2) is 0 Å². The van der Waals surface area contributed by atoms with Crippen molar-refractivity contribution in [3.8, 4) is 11.5 Å². The third-order valence-electron chi connectivity index (χ3n) is 4.13. The Labute approximate surface area is 158 Å². The highest BCUT2D eigenvalue weighted by Crippen LogP contribution is 2.25. The van der Waals surface area contributed by atoms with Crippen molar-refractivity contribution in [2.24, 2.45) is 0 Å². The predicted octanol–water partition coefficient (Wildman–Crippen LogP) is 4.60. The van der Waals surface area contributed by atoms with Gasteiger partial charge in [0.1, 0.15) is 0 Å². The van der Waals surface area contributed by atoms with Gasteiger partial charge in [-0.25, -0.2) is 0 Å². The number of hydrogen-bond donors (Lipinski definition) is 0. The third-order valence-corrected chi connectivity index (χ3v) is 4.66. The number of aromatic nitrogens is 2. The van der Waals surface area contributed by atoms with Crippen LogP contribution in [0.15, 0.2) is 57.4 Å². The summed E-state index contributed by atoms with van der Waals surface area (Å²) in [6.07, 6.45) is 0. The van der Waals surface area contributed by atoms with E-state index in [4.69, 9.17) is 4.42 Å². The molecule has 0 saturated heterocycles. The molecule has 0 bridgehead atoms. The van der Waals surface area contributed by atoms with E-state index in [0.717, 1.165) is 11.0 Å². The Morgan fingerprint density at radius 3 is 2.42 bits per heavy atom. The van der Waals surface area contributed by atoms with Crippen LogP contribution in [-0.4, -0.2) is 27.1 Å². The maximum absolute atomic E-state index is 10.7. The summed E-state index contributed by atoms with van der Waals surface area (Å²) in [5, 5.41) is 18.9. The second-order valence-electron chi connectivity index (χ2n) is 5.97. The third kappa shape index (κ3) is 4.14. The fourth-order valence-electron chi connectivity index (χ4n) is 2.45. The Morgan fingerprint density at radius 1 is 1.15 bits per heavy atom. The van der Waals surface area contributed by atoms with E-state index >= 15 is 0 Å². The van der Waals surface area contributed by atoms with Crippen LogP contribution in [-0.2, 0) is 6.54 Å². The summed E-state index contributed by atoms with van der Waals surface area (Å²) in [5.41, 5.74) is 1.85. The molecular weight excluding hydrogens is 400 g/mol. The number of nitrogens with zero attached hydrogens (tertiary/aromatic N) is 4. The fraction of sp³-hybridized carbons (Fsp3) is 0.222. The summed E-state index contributed by atoms with van der Waals surface area (Å²) in [6, 6.07) is 14.1. The first kappa shape index (κ1) is 18.2. The van der Waals surface area contributed by atoms with Gasteiger partial charge in [-0.15, -0.1) is 10.2 Å². The highest BCUT2D eigenvalue weighted by atomic mass is 79.9. The molecule has 134 valence electrons. The monoisotopic (exact) mass is 416 g/mol. The smallest absolute Gasteiger partial charge is 0.269 e. The molecule has 3 aromatic rings. The molecule has 1 aromatic heterocycles. The highest BCUT2D eigenvalue weighted by molar-refractivity contribution is 9.10. The number of rotatable bonds is 6. The van der Waals surface area contributed by atoms with Gasteiger partial charge in [0.05, 0.1) is 11.0 Å². The van der Waals surface area contributed by atoms with Crippen molar-refractivity contribution in [1.29, 1.82) is 0 Å². The van der Waals surface area contributed by atoms with Gasteiger partial charge in [0.2, 0.25) is 11.8 Å². The molecular formula is C18H17BrN4O3. The van der Waals surface area contributed by atoms with Crippen LogP contribution in [0.5, 0.6) is 0 Å². The number of nitro benzene ring substituents is 1. The van der Waals surface area contributed by atoms with Crippen molar-refractivity contribution < 1.29 is 9.34 Å². The zero-order valence-electron chi connectivity index (χ0n) is 14.3. The minimum atomic E-state index is -0.442. The molecule has 0 N–H and O–H groups in total. The molecule has 0 aliphatic rings. The van der Waals surface area contributed by atoms with Gasteiger partial charge >= 0.3 is 0 Å². The zero-order valence-corrected chi connectivity index (χ0v) is 15.9. The lowest BCUT2D eigenvalue weighted by Crippen LogP contribution is -2.22. The van der Waals surface area contributed by atoms with Gasteiger partial charge in [0.25, 0.3) is 5.69 Å². The summed E-state index contributed by atoms with van der Waals surface area (Å²) in [5.74, 6) is 0.844. The normalized spacial score (nSPS) is 12.3. The lowest BCUT2D eigenvalue weighted by molar-refractivity contribution is -0.384. The van der Waals surface area contributed by atoms with E-state index in [1.807, 2.05) is 26.1 Å². The number of nitro groups is 1. The maximum Gasteiger partial charge on any atom is 0.269 e. The number of non-ortho nitro benzene ring substituents is 1. The lowest BCUT2D eigenvalue weighted by Gasteiger charge is -2.21. The van der Waals surface area contributed by atoms with E-state index in [0.29, 0.717) is 17.3 Å². The molecule has 0 amide bonds. The maximum atomic E-state index is 10.7. The topological polar surface area (TPSA) is 85.3 Å². The first-order valence-electron chi connectivity index (χ1n) is 7.97. The van der Waals surface area contributed by atoms with E-state index in [1.54, 1.807) is 12.1 Å². The van der Waals surface area contributed by atoms with Crippen LogP contribution in [0.4, 0.5) is 5.69 Å². The lowest BCUT2D eigenvalue weighted by atomic mass is 10.2. The van der Waals surface area contributed by atoms with Crippen molar-refractivity contribution in [3.05, 3.63) is 74.6 Å². The molecule has 7 nitrogen and oxygen atoms in total. The molecule has 1 atom stereocenters. The Morgan fingerprint density at radius 2 is 1.81 bits per heavy atom. The first-order valence-corrected chi connectivity index (χ1v) is 8.76. The van der Waals surface area contributed by atoms with E-state index in [9.17, 15) is 10.1 Å². The van der Waals surface area contributed by atoms with Crippen LogP contribution in [0.2, 0.25) is 0 Å². The van der Waals surface area contributed by atoms with Gasteiger partial charge in [-0.1, -0.05) is 28.1 Å². The van der Waals surface area contributed by atoms with Crippen molar-refractivity contribution in [3.63, 3.8) is 0 Å². The summed E-state index contributed by atoms with van der Waals surface area (Å²) in [4.78, 5) is 12.4. The minimum absolute atomic E-state index is 0.0242. The van der Waals surface area contributed by atoms with Crippen molar-refractivity contribution in [1.82, 2.24) is 15.1 Å². The molecule has 1 heterocycles. The molecule has 26 heavy (non-hydrogen) atoms. The van der Waals surface area contributed by atoms with E-state index in [1.165, 1.54) is 17.7 Å². The molecule has 0 aliphatic carbocycles.